The van der Waals surface area contributed by atoms with Crippen LogP contribution in [-0.2, 0) is 9.47 Å². The molecule has 0 aromatic heterocycles. The maximum atomic E-state index is 9.09. The van der Waals surface area contributed by atoms with Crippen LogP contribution in [0, 0.1) is 23.2 Å². The molecule has 0 bridgehead atoms. The van der Waals surface area contributed by atoms with Gasteiger partial charge in [0.15, 0.2) is 0 Å². The minimum atomic E-state index is -0.597. The van der Waals surface area contributed by atoms with Crippen molar-refractivity contribution in [2.24, 2.45) is 17.6 Å². The van der Waals surface area contributed by atoms with E-state index in [0.717, 1.165) is 58.5 Å². The van der Waals surface area contributed by atoms with Crippen molar-refractivity contribution in [2.75, 3.05) is 26.4 Å². The van der Waals surface area contributed by atoms with Gasteiger partial charge in [-0.05, 0) is 31.6 Å². The van der Waals surface area contributed by atoms with Gasteiger partial charge in [0.2, 0.25) is 0 Å². The van der Waals surface area contributed by atoms with Gasteiger partial charge < -0.3 is 15.2 Å². The Hall–Kier alpha value is -0.630. The second kappa shape index (κ2) is 5.81. The van der Waals surface area contributed by atoms with Gasteiger partial charge >= 0.3 is 0 Å². The van der Waals surface area contributed by atoms with E-state index in [-0.39, 0.29) is 0 Å². The normalized spacial score (nSPS) is 37.2. The molecule has 96 valence electrons. The lowest BCUT2D eigenvalue weighted by molar-refractivity contribution is 0.0778. The van der Waals surface area contributed by atoms with Crippen LogP contribution in [0.3, 0.4) is 0 Å². The van der Waals surface area contributed by atoms with Crippen molar-refractivity contribution in [3.63, 3.8) is 0 Å². The molecule has 3 atom stereocenters. The molecule has 1 aliphatic heterocycles. The van der Waals surface area contributed by atoms with E-state index >= 15 is 0 Å². The lowest BCUT2D eigenvalue weighted by Crippen LogP contribution is -2.42. The summed E-state index contributed by atoms with van der Waals surface area (Å²) in [6.07, 6.45) is 5.01. The summed E-state index contributed by atoms with van der Waals surface area (Å²) in [4.78, 5) is 0. The molecule has 0 spiro atoms. The molecular weight excluding hydrogens is 216 g/mol. The topological polar surface area (TPSA) is 68.3 Å². The first-order valence-electron chi connectivity index (χ1n) is 6.60. The van der Waals surface area contributed by atoms with E-state index in [2.05, 4.69) is 6.07 Å². The molecule has 1 saturated carbocycles. The Kier molecular flexibility index (Phi) is 4.38. The van der Waals surface area contributed by atoms with E-state index in [1.54, 1.807) is 0 Å². The summed E-state index contributed by atoms with van der Waals surface area (Å²) in [5.74, 6) is 0.879. The summed E-state index contributed by atoms with van der Waals surface area (Å²) in [5.41, 5.74) is 5.47. The molecule has 1 heterocycles. The highest BCUT2D eigenvalue weighted by atomic mass is 16.5. The number of nitriles is 1. The summed E-state index contributed by atoms with van der Waals surface area (Å²) < 4.78 is 11.0. The minimum Gasteiger partial charge on any atom is -0.381 e. The molecule has 4 nitrogen and oxygen atoms in total. The van der Waals surface area contributed by atoms with E-state index in [9.17, 15) is 0 Å². The zero-order chi connectivity index (χ0) is 12.1. The molecule has 3 unspecified atom stereocenters. The smallest absolute Gasteiger partial charge is 0.107 e. The molecule has 0 aromatic carbocycles. The predicted octanol–water partition coefficient (Wildman–Crippen LogP) is 1.45. The fourth-order valence-electron chi connectivity index (χ4n) is 2.84. The Morgan fingerprint density at radius 1 is 1.47 bits per heavy atom. The van der Waals surface area contributed by atoms with Crippen LogP contribution in [0.4, 0.5) is 0 Å². The average Bonchev–Trinajstić information content (AvgIpc) is 2.95. The van der Waals surface area contributed by atoms with E-state index in [1.165, 1.54) is 0 Å². The van der Waals surface area contributed by atoms with Gasteiger partial charge in [0, 0.05) is 19.1 Å². The Labute approximate surface area is 103 Å². The van der Waals surface area contributed by atoms with Crippen molar-refractivity contribution in [3.8, 4) is 6.07 Å². The summed E-state index contributed by atoms with van der Waals surface area (Å²) >= 11 is 0. The molecule has 2 fully saturated rings. The zero-order valence-corrected chi connectivity index (χ0v) is 10.4. The number of nitrogens with two attached hydrogens (primary N) is 1. The van der Waals surface area contributed by atoms with Crippen molar-refractivity contribution >= 4 is 0 Å². The minimum absolute atomic E-state index is 0.312. The summed E-state index contributed by atoms with van der Waals surface area (Å²) in [6.45, 7) is 3.22. The monoisotopic (exact) mass is 238 g/mol. The Morgan fingerprint density at radius 3 is 3.06 bits per heavy atom. The summed E-state index contributed by atoms with van der Waals surface area (Å²) in [7, 11) is 0. The van der Waals surface area contributed by atoms with Gasteiger partial charge in [-0.25, -0.2) is 0 Å². The SMILES string of the molecule is N#CC1(N)CCCC1CCOCC1CCOC1. The highest BCUT2D eigenvalue weighted by molar-refractivity contribution is 5.11. The quantitative estimate of drug-likeness (QED) is 0.736. The van der Waals surface area contributed by atoms with E-state index in [4.69, 9.17) is 20.5 Å². The molecule has 2 rings (SSSR count). The number of ether oxygens (including phenoxy) is 2. The molecule has 0 amide bonds. The van der Waals surface area contributed by atoms with Crippen LogP contribution in [-0.4, -0.2) is 32.0 Å². The molecular formula is C13H22N2O2. The van der Waals surface area contributed by atoms with Crippen molar-refractivity contribution < 1.29 is 9.47 Å². The molecule has 1 aliphatic carbocycles. The van der Waals surface area contributed by atoms with E-state index in [1.807, 2.05) is 0 Å². The van der Waals surface area contributed by atoms with Crippen molar-refractivity contribution in [1.82, 2.24) is 0 Å². The average molecular weight is 238 g/mol. The van der Waals surface area contributed by atoms with Crippen LogP contribution in [0.25, 0.3) is 0 Å². The van der Waals surface area contributed by atoms with Gasteiger partial charge in [0.05, 0.1) is 19.3 Å². The van der Waals surface area contributed by atoms with Gasteiger partial charge in [-0.2, -0.15) is 5.26 Å². The van der Waals surface area contributed by atoms with Crippen LogP contribution in [0.1, 0.15) is 32.1 Å². The second-order valence-corrected chi connectivity index (χ2v) is 5.33. The number of hydrogen-bond acceptors (Lipinski definition) is 4. The zero-order valence-electron chi connectivity index (χ0n) is 10.4. The lowest BCUT2D eigenvalue weighted by atomic mass is 9.87. The first-order valence-corrected chi connectivity index (χ1v) is 6.60. The first-order chi connectivity index (χ1) is 8.24. The predicted molar refractivity (Wildman–Crippen MR) is 64.2 cm³/mol. The molecule has 2 aliphatic rings. The lowest BCUT2D eigenvalue weighted by Gasteiger charge is -2.23. The largest absolute Gasteiger partial charge is 0.381 e. The molecule has 1 saturated heterocycles. The van der Waals surface area contributed by atoms with Crippen molar-refractivity contribution in [2.45, 2.75) is 37.6 Å². The maximum absolute atomic E-state index is 9.09. The van der Waals surface area contributed by atoms with Crippen LogP contribution in [0.2, 0.25) is 0 Å². The first kappa shape index (κ1) is 12.8. The van der Waals surface area contributed by atoms with Gasteiger partial charge in [-0.3, -0.25) is 0 Å². The van der Waals surface area contributed by atoms with Gasteiger partial charge in [0.25, 0.3) is 0 Å². The fraction of sp³-hybridized carbons (Fsp3) is 0.923. The molecule has 2 N–H and O–H groups in total. The van der Waals surface area contributed by atoms with Crippen molar-refractivity contribution in [1.29, 1.82) is 5.26 Å². The standard InChI is InChI=1S/C13H22N2O2/c14-10-13(15)5-1-2-12(13)4-7-17-9-11-3-6-16-8-11/h11-12H,1-9,15H2. The summed E-state index contributed by atoms with van der Waals surface area (Å²) in [5, 5.41) is 9.09. The summed E-state index contributed by atoms with van der Waals surface area (Å²) in [6, 6.07) is 2.27. The van der Waals surface area contributed by atoms with Gasteiger partial charge in [-0.1, -0.05) is 6.42 Å². The molecule has 4 heteroatoms. The number of nitrogens with zero attached hydrogens (tertiary/aromatic N) is 1. The van der Waals surface area contributed by atoms with Crippen LogP contribution < -0.4 is 5.73 Å². The molecule has 0 radical (unpaired) electrons. The van der Waals surface area contributed by atoms with E-state index < -0.39 is 5.54 Å². The molecule has 0 aromatic rings. The van der Waals surface area contributed by atoms with Gasteiger partial charge in [0.1, 0.15) is 5.54 Å². The highest BCUT2D eigenvalue weighted by Crippen LogP contribution is 2.35. The Bertz CT molecular complexity index is 284. The Morgan fingerprint density at radius 2 is 2.35 bits per heavy atom. The number of hydrogen-bond donors (Lipinski definition) is 1. The van der Waals surface area contributed by atoms with Crippen molar-refractivity contribution in [3.05, 3.63) is 0 Å². The Balaban J connectivity index is 1.63. The molecule has 17 heavy (non-hydrogen) atoms. The third-order valence-corrected chi connectivity index (χ3v) is 4.07. The highest BCUT2D eigenvalue weighted by Gasteiger charge is 2.39. The van der Waals surface area contributed by atoms with Gasteiger partial charge in [-0.15, -0.1) is 0 Å². The second-order valence-electron chi connectivity index (χ2n) is 5.33. The van der Waals surface area contributed by atoms with Crippen LogP contribution in [0.15, 0.2) is 0 Å². The maximum Gasteiger partial charge on any atom is 0.107 e. The van der Waals surface area contributed by atoms with Crippen LogP contribution in [0.5, 0.6) is 0 Å². The third-order valence-electron chi connectivity index (χ3n) is 4.07. The van der Waals surface area contributed by atoms with Crippen LogP contribution >= 0.6 is 0 Å². The fourth-order valence-corrected chi connectivity index (χ4v) is 2.84. The number of rotatable bonds is 5. The third kappa shape index (κ3) is 3.19. The van der Waals surface area contributed by atoms with E-state index in [0.29, 0.717) is 11.8 Å².